The molecule has 0 unspecified atom stereocenters. The van der Waals surface area contributed by atoms with Crippen LogP contribution in [0.25, 0.3) is 0 Å². The lowest BCUT2D eigenvalue weighted by Gasteiger charge is -2.00. The molecule has 0 radical (unpaired) electrons. The van der Waals surface area contributed by atoms with E-state index in [1.165, 1.54) is 0 Å². The highest BCUT2D eigenvalue weighted by molar-refractivity contribution is 9.10. The van der Waals surface area contributed by atoms with E-state index in [0.29, 0.717) is 0 Å². The Morgan fingerprint density at radius 1 is 1.75 bits per heavy atom. The van der Waals surface area contributed by atoms with Gasteiger partial charge in [-0.25, -0.2) is 0 Å². The van der Waals surface area contributed by atoms with Gasteiger partial charge in [-0.3, -0.25) is 4.79 Å². The molecule has 2 nitrogen and oxygen atoms in total. The first-order chi connectivity index (χ1) is 3.42. The second-order valence-electron chi connectivity index (χ2n) is 1.19. The van der Waals surface area contributed by atoms with E-state index in [1.54, 1.807) is 0 Å². The summed E-state index contributed by atoms with van der Waals surface area (Å²) < 4.78 is 23.0. The van der Waals surface area contributed by atoms with E-state index in [1.807, 2.05) is 15.9 Å². The normalized spacial score (nSPS) is 11.4. The van der Waals surface area contributed by atoms with Crippen molar-refractivity contribution in [3.05, 3.63) is 0 Å². The van der Waals surface area contributed by atoms with Crippen molar-refractivity contribution in [2.75, 3.05) is 0 Å². The van der Waals surface area contributed by atoms with Gasteiger partial charge in [0.25, 0.3) is 0 Å². The molecule has 5 heteroatoms. The van der Waals surface area contributed by atoms with Crippen molar-refractivity contribution < 1.29 is 18.7 Å². The quantitative estimate of drug-likeness (QED) is 0.667. The van der Waals surface area contributed by atoms with E-state index >= 15 is 0 Å². The summed E-state index contributed by atoms with van der Waals surface area (Å²) in [6, 6.07) is 0. The van der Waals surface area contributed by atoms with Crippen LogP contribution in [0.4, 0.5) is 8.78 Å². The fourth-order valence-electron chi connectivity index (χ4n) is 0.171. The van der Waals surface area contributed by atoms with Crippen molar-refractivity contribution in [1.29, 1.82) is 0 Å². The average Bonchev–Trinajstić information content (AvgIpc) is 1.21. The summed E-state index contributed by atoms with van der Waals surface area (Å²) in [6.07, 6.45) is -1.17. The number of carbonyl (C=O) groups is 1. The van der Waals surface area contributed by atoms with Crippen LogP contribution in [-0.2, 0) is 4.79 Å². The molecule has 0 bridgehead atoms. The van der Waals surface area contributed by atoms with Gasteiger partial charge in [0.2, 0.25) is 0 Å². The van der Waals surface area contributed by atoms with Gasteiger partial charge in [0, 0.05) is 0 Å². The molecule has 48 valence electrons. The van der Waals surface area contributed by atoms with Crippen molar-refractivity contribution in [3.63, 3.8) is 0 Å². The Labute approximate surface area is 52.6 Å². The molecule has 0 atom stereocenters. The molecule has 0 saturated heterocycles. The number of carboxylic acid groups (broad SMARTS) is 1. The zero-order valence-electron chi connectivity index (χ0n) is 3.70. The Hall–Kier alpha value is -0.190. The average molecular weight is 189 g/mol. The predicted molar refractivity (Wildman–Crippen MR) is 26.1 cm³/mol. The molecule has 0 aliphatic heterocycles. The Morgan fingerprint density at radius 3 is 2.12 bits per heavy atom. The number of alkyl halides is 3. The van der Waals surface area contributed by atoms with Crippen LogP contribution in [0, 0.1) is 0 Å². The number of rotatable bonds is 2. The number of aliphatic carboxylic acids is 1. The zero-order valence-corrected chi connectivity index (χ0v) is 5.28. The van der Waals surface area contributed by atoms with Crippen molar-refractivity contribution in [3.8, 4) is 0 Å². The molecule has 0 saturated carbocycles. The van der Waals surface area contributed by atoms with Crippen molar-refractivity contribution in [1.82, 2.24) is 0 Å². The maximum absolute atomic E-state index is 11.5. The molecule has 8 heavy (non-hydrogen) atoms. The van der Waals surface area contributed by atoms with E-state index in [-0.39, 0.29) is 0 Å². The van der Waals surface area contributed by atoms with Crippen LogP contribution in [0.15, 0.2) is 0 Å². The third-order valence-electron chi connectivity index (χ3n) is 0.352. The highest BCUT2D eigenvalue weighted by Crippen LogP contribution is 2.25. The molecule has 0 rings (SSSR count). The molecule has 0 amide bonds. The highest BCUT2D eigenvalue weighted by Gasteiger charge is 2.27. The first-order valence-corrected chi connectivity index (χ1v) is 2.49. The molecule has 0 aromatic heterocycles. The van der Waals surface area contributed by atoms with Gasteiger partial charge in [-0.2, -0.15) is 8.78 Å². The van der Waals surface area contributed by atoms with Crippen molar-refractivity contribution in [2.45, 2.75) is 11.3 Å². The summed E-state index contributed by atoms with van der Waals surface area (Å²) >= 11 is 1.86. The summed E-state index contributed by atoms with van der Waals surface area (Å²) in [7, 11) is 0. The number of hydrogen-bond donors (Lipinski definition) is 1. The van der Waals surface area contributed by atoms with E-state index in [4.69, 9.17) is 5.11 Å². The lowest BCUT2D eigenvalue weighted by Crippen LogP contribution is -2.11. The fourth-order valence-corrected chi connectivity index (χ4v) is 0.411. The topological polar surface area (TPSA) is 37.3 Å². The first kappa shape index (κ1) is 7.81. The predicted octanol–water partition coefficient (Wildman–Crippen LogP) is 1.45. The van der Waals surface area contributed by atoms with Crippen LogP contribution < -0.4 is 0 Å². The maximum atomic E-state index is 11.5. The Bertz CT molecular complexity index is 97.9. The monoisotopic (exact) mass is 188 g/mol. The third-order valence-corrected chi connectivity index (χ3v) is 0.632. The van der Waals surface area contributed by atoms with Crippen LogP contribution in [0.1, 0.15) is 6.42 Å². The molecular formula is C3H3BrF2O2. The minimum Gasteiger partial charge on any atom is -0.481 e. The molecule has 0 aliphatic rings. The molecular weight excluding hydrogens is 186 g/mol. The third kappa shape index (κ3) is 5.81. The molecule has 0 heterocycles. The van der Waals surface area contributed by atoms with Gasteiger partial charge >= 0.3 is 10.8 Å². The molecule has 1 N–H and O–H groups in total. The Balaban J connectivity index is 3.55. The lowest BCUT2D eigenvalue weighted by molar-refractivity contribution is -0.140. The Kier molecular flexibility index (Phi) is 2.33. The van der Waals surface area contributed by atoms with Crippen LogP contribution in [0.3, 0.4) is 0 Å². The second kappa shape index (κ2) is 2.39. The summed E-state index contributed by atoms with van der Waals surface area (Å²) in [4.78, 5) is 6.24. The number of hydrogen-bond acceptors (Lipinski definition) is 1. The van der Waals surface area contributed by atoms with Crippen LogP contribution in [-0.4, -0.2) is 15.9 Å². The van der Waals surface area contributed by atoms with E-state index < -0.39 is 17.2 Å². The van der Waals surface area contributed by atoms with E-state index in [2.05, 4.69) is 0 Å². The fraction of sp³-hybridized carbons (Fsp3) is 0.667. The second-order valence-corrected chi connectivity index (χ2v) is 2.35. The van der Waals surface area contributed by atoms with Crippen LogP contribution in [0.5, 0.6) is 0 Å². The van der Waals surface area contributed by atoms with E-state index in [0.717, 1.165) is 0 Å². The standard InChI is InChI=1S/C3H3BrF2O2/c4-3(5,6)1-2(7)8/h1H2,(H,7,8). The smallest absolute Gasteiger partial charge is 0.311 e. The first-order valence-electron chi connectivity index (χ1n) is 1.70. The molecule has 0 spiro atoms. The molecule has 0 aliphatic carbocycles. The summed E-state index contributed by atoms with van der Waals surface area (Å²) in [5.41, 5.74) is 0. The van der Waals surface area contributed by atoms with Gasteiger partial charge in [0.1, 0.15) is 6.42 Å². The van der Waals surface area contributed by atoms with Gasteiger partial charge in [0.05, 0.1) is 0 Å². The molecule has 0 aromatic carbocycles. The number of carboxylic acids is 1. The van der Waals surface area contributed by atoms with Gasteiger partial charge in [0.15, 0.2) is 0 Å². The minimum atomic E-state index is -3.27. The zero-order chi connectivity index (χ0) is 6.78. The largest absolute Gasteiger partial charge is 0.481 e. The molecule has 0 aromatic rings. The summed E-state index contributed by atoms with van der Waals surface area (Å²) in [6.45, 7) is 0. The SMILES string of the molecule is O=C(O)CC(F)(F)Br. The van der Waals surface area contributed by atoms with Gasteiger partial charge in [-0.1, -0.05) is 0 Å². The Morgan fingerprint density at radius 2 is 2.12 bits per heavy atom. The van der Waals surface area contributed by atoms with Crippen molar-refractivity contribution >= 4 is 21.9 Å². The summed E-state index contributed by atoms with van der Waals surface area (Å²) in [5, 5.41) is 7.74. The summed E-state index contributed by atoms with van der Waals surface area (Å²) in [5.74, 6) is -1.52. The molecule has 0 fully saturated rings. The van der Waals surface area contributed by atoms with E-state index in [9.17, 15) is 13.6 Å². The van der Waals surface area contributed by atoms with Gasteiger partial charge < -0.3 is 5.11 Å². The van der Waals surface area contributed by atoms with Gasteiger partial charge in [-0.05, 0) is 15.9 Å². The van der Waals surface area contributed by atoms with Crippen LogP contribution >= 0.6 is 15.9 Å². The van der Waals surface area contributed by atoms with Crippen LogP contribution in [0.2, 0.25) is 0 Å². The van der Waals surface area contributed by atoms with Crippen molar-refractivity contribution in [2.24, 2.45) is 0 Å². The highest BCUT2D eigenvalue weighted by atomic mass is 79.9. The van der Waals surface area contributed by atoms with Gasteiger partial charge in [-0.15, -0.1) is 0 Å². The number of halogens is 3. The maximum Gasteiger partial charge on any atom is 0.311 e. The minimum absolute atomic E-state index is 1.17. The lowest BCUT2D eigenvalue weighted by atomic mass is 10.5.